The average Bonchev–Trinajstić information content (AvgIpc) is 3.00. The zero-order chi connectivity index (χ0) is 15.5. The molecule has 0 atom stereocenters. The minimum absolute atomic E-state index is 0.188. The van der Waals surface area contributed by atoms with Gasteiger partial charge in [0.1, 0.15) is 17.3 Å². The molecule has 0 aliphatic heterocycles. The Morgan fingerprint density at radius 1 is 1.18 bits per heavy atom. The Morgan fingerprint density at radius 2 is 2.00 bits per heavy atom. The number of aryl methyl sites for hydroxylation is 1. The van der Waals surface area contributed by atoms with Crippen molar-refractivity contribution in [3.8, 4) is 5.69 Å². The van der Waals surface area contributed by atoms with Crippen molar-refractivity contribution in [3.63, 3.8) is 0 Å². The standard InChI is InChI=1S/C16H13FN4O/c1-11-5-4-9-18-15(11)19-16(22)13-8-10-21(20-13)14-7-3-2-6-12(14)17/h2-10H,1H3,(H,18,19,22). The fraction of sp³-hybridized carbons (Fsp3) is 0.0625. The van der Waals surface area contributed by atoms with Crippen molar-refractivity contribution in [3.05, 3.63) is 71.9 Å². The predicted octanol–water partition coefficient (Wildman–Crippen LogP) is 2.97. The first-order valence-electron chi connectivity index (χ1n) is 6.69. The van der Waals surface area contributed by atoms with Crippen molar-refractivity contribution in [1.82, 2.24) is 14.8 Å². The third kappa shape index (κ3) is 2.71. The lowest BCUT2D eigenvalue weighted by atomic mass is 10.3. The maximum absolute atomic E-state index is 13.7. The maximum atomic E-state index is 13.7. The Bertz CT molecular complexity index is 828. The van der Waals surface area contributed by atoms with Gasteiger partial charge in [0.25, 0.3) is 5.91 Å². The third-order valence-electron chi connectivity index (χ3n) is 3.16. The van der Waals surface area contributed by atoms with E-state index in [-0.39, 0.29) is 11.4 Å². The number of anilines is 1. The number of rotatable bonds is 3. The monoisotopic (exact) mass is 296 g/mol. The highest BCUT2D eigenvalue weighted by molar-refractivity contribution is 6.02. The number of carbonyl (C=O) groups excluding carboxylic acids is 1. The van der Waals surface area contributed by atoms with Crippen molar-refractivity contribution in [2.24, 2.45) is 0 Å². The zero-order valence-electron chi connectivity index (χ0n) is 11.8. The second-order valence-corrected chi connectivity index (χ2v) is 4.72. The molecule has 0 spiro atoms. The summed E-state index contributed by atoms with van der Waals surface area (Å²) in [6.45, 7) is 1.85. The molecule has 5 nitrogen and oxygen atoms in total. The van der Waals surface area contributed by atoms with Crippen LogP contribution in [0.3, 0.4) is 0 Å². The minimum Gasteiger partial charge on any atom is -0.305 e. The first-order chi connectivity index (χ1) is 10.6. The summed E-state index contributed by atoms with van der Waals surface area (Å²) in [5.41, 5.74) is 1.33. The molecule has 0 aliphatic carbocycles. The summed E-state index contributed by atoms with van der Waals surface area (Å²) < 4.78 is 15.0. The van der Waals surface area contributed by atoms with Gasteiger partial charge < -0.3 is 5.32 Å². The lowest BCUT2D eigenvalue weighted by molar-refractivity contribution is 0.102. The van der Waals surface area contributed by atoms with Gasteiger partial charge in [-0.25, -0.2) is 14.1 Å². The number of nitrogens with zero attached hydrogens (tertiary/aromatic N) is 3. The van der Waals surface area contributed by atoms with E-state index >= 15 is 0 Å². The summed E-state index contributed by atoms with van der Waals surface area (Å²) in [4.78, 5) is 16.3. The van der Waals surface area contributed by atoms with E-state index in [4.69, 9.17) is 0 Å². The zero-order valence-corrected chi connectivity index (χ0v) is 11.8. The van der Waals surface area contributed by atoms with E-state index in [0.717, 1.165) is 5.56 Å². The Balaban J connectivity index is 1.84. The molecule has 1 amide bonds. The number of halogens is 1. The van der Waals surface area contributed by atoms with Crippen molar-refractivity contribution in [1.29, 1.82) is 0 Å². The van der Waals surface area contributed by atoms with E-state index in [1.54, 1.807) is 36.7 Å². The quantitative estimate of drug-likeness (QED) is 0.808. The molecule has 6 heteroatoms. The van der Waals surface area contributed by atoms with Crippen LogP contribution in [0.25, 0.3) is 5.69 Å². The summed E-state index contributed by atoms with van der Waals surface area (Å²) in [6, 6.07) is 11.4. The summed E-state index contributed by atoms with van der Waals surface area (Å²) in [5.74, 6) is -0.317. The highest BCUT2D eigenvalue weighted by Gasteiger charge is 2.13. The van der Waals surface area contributed by atoms with Crippen LogP contribution in [-0.4, -0.2) is 20.7 Å². The van der Waals surface area contributed by atoms with Crippen molar-refractivity contribution >= 4 is 11.7 Å². The second kappa shape index (κ2) is 5.77. The van der Waals surface area contributed by atoms with Gasteiger partial charge in [-0.1, -0.05) is 18.2 Å². The maximum Gasteiger partial charge on any atom is 0.277 e. The molecule has 2 heterocycles. The lowest BCUT2D eigenvalue weighted by Crippen LogP contribution is -2.15. The van der Waals surface area contributed by atoms with E-state index in [1.165, 1.54) is 16.8 Å². The molecule has 110 valence electrons. The van der Waals surface area contributed by atoms with Crippen LogP contribution in [0.5, 0.6) is 0 Å². The molecule has 0 unspecified atom stereocenters. The molecule has 0 aliphatic rings. The van der Waals surface area contributed by atoms with Crippen LogP contribution in [0.2, 0.25) is 0 Å². The SMILES string of the molecule is Cc1cccnc1NC(=O)c1ccn(-c2ccccc2F)n1. The average molecular weight is 296 g/mol. The van der Waals surface area contributed by atoms with Gasteiger partial charge in [-0.2, -0.15) is 5.10 Å². The van der Waals surface area contributed by atoms with Gasteiger partial charge in [-0.05, 0) is 36.8 Å². The Kier molecular flexibility index (Phi) is 3.65. The number of amides is 1. The number of pyridine rings is 1. The first kappa shape index (κ1) is 13.9. The summed E-state index contributed by atoms with van der Waals surface area (Å²) >= 11 is 0. The number of hydrogen-bond donors (Lipinski definition) is 1. The van der Waals surface area contributed by atoms with Crippen LogP contribution in [0.15, 0.2) is 54.9 Å². The Labute approximate surface area is 126 Å². The largest absolute Gasteiger partial charge is 0.305 e. The second-order valence-electron chi connectivity index (χ2n) is 4.72. The minimum atomic E-state index is -0.405. The molecule has 1 N–H and O–H groups in total. The molecule has 3 aromatic rings. The lowest BCUT2D eigenvalue weighted by Gasteiger charge is -2.05. The van der Waals surface area contributed by atoms with Crippen LogP contribution in [0, 0.1) is 12.7 Å². The molecule has 1 aromatic carbocycles. The molecule has 0 bridgehead atoms. The fourth-order valence-corrected chi connectivity index (χ4v) is 2.00. The summed E-state index contributed by atoms with van der Waals surface area (Å²) in [5, 5.41) is 6.79. The normalized spacial score (nSPS) is 10.5. The van der Waals surface area contributed by atoms with Crippen LogP contribution >= 0.6 is 0 Å². The Morgan fingerprint density at radius 3 is 2.77 bits per heavy atom. The summed E-state index contributed by atoms with van der Waals surface area (Å²) in [7, 11) is 0. The molecule has 0 saturated carbocycles. The van der Waals surface area contributed by atoms with E-state index in [0.29, 0.717) is 5.82 Å². The van der Waals surface area contributed by atoms with Gasteiger partial charge >= 0.3 is 0 Å². The third-order valence-corrected chi connectivity index (χ3v) is 3.16. The van der Waals surface area contributed by atoms with Gasteiger partial charge in [0.05, 0.1) is 0 Å². The number of nitrogens with one attached hydrogen (secondary N) is 1. The van der Waals surface area contributed by atoms with Crippen molar-refractivity contribution in [2.75, 3.05) is 5.32 Å². The first-order valence-corrected chi connectivity index (χ1v) is 6.69. The highest BCUT2D eigenvalue weighted by atomic mass is 19.1. The summed E-state index contributed by atoms with van der Waals surface area (Å²) in [6.07, 6.45) is 3.14. The van der Waals surface area contributed by atoms with Crippen molar-refractivity contribution < 1.29 is 9.18 Å². The number of para-hydroxylation sites is 1. The van der Waals surface area contributed by atoms with E-state index in [9.17, 15) is 9.18 Å². The molecular formula is C16H13FN4O. The smallest absolute Gasteiger partial charge is 0.277 e. The van der Waals surface area contributed by atoms with Gasteiger partial charge in [-0.15, -0.1) is 0 Å². The van der Waals surface area contributed by atoms with E-state index in [2.05, 4.69) is 15.4 Å². The molecule has 3 rings (SSSR count). The molecule has 2 aromatic heterocycles. The number of carbonyl (C=O) groups is 1. The predicted molar refractivity (Wildman–Crippen MR) is 80.4 cm³/mol. The number of aromatic nitrogens is 3. The van der Waals surface area contributed by atoms with Gasteiger partial charge in [0, 0.05) is 12.4 Å². The van der Waals surface area contributed by atoms with Crippen LogP contribution in [0.4, 0.5) is 10.2 Å². The van der Waals surface area contributed by atoms with Gasteiger partial charge in [0.15, 0.2) is 5.69 Å². The number of hydrogen-bond acceptors (Lipinski definition) is 3. The number of benzene rings is 1. The highest BCUT2D eigenvalue weighted by Crippen LogP contribution is 2.14. The Hall–Kier alpha value is -3.02. The van der Waals surface area contributed by atoms with Crippen LogP contribution < -0.4 is 5.32 Å². The molecule has 0 saturated heterocycles. The molecule has 22 heavy (non-hydrogen) atoms. The van der Waals surface area contributed by atoms with Gasteiger partial charge in [-0.3, -0.25) is 4.79 Å². The molecule has 0 fully saturated rings. The van der Waals surface area contributed by atoms with Gasteiger partial charge in [0.2, 0.25) is 0 Å². The molecule has 0 radical (unpaired) electrons. The molecular weight excluding hydrogens is 283 g/mol. The topological polar surface area (TPSA) is 59.8 Å². The van der Waals surface area contributed by atoms with Crippen molar-refractivity contribution in [2.45, 2.75) is 6.92 Å². The van der Waals surface area contributed by atoms with E-state index in [1.807, 2.05) is 13.0 Å². The van der Waals surface area contributed by atoms with Crippen LogP contribution in [0.1, 0.15) is 16.1 Å². The fourth-order valence-electron chi connectivity index (χ4n) is 2.00. The van der Waals surface area contributed by atoms with Crippen LogP contribution in [-0.2, 0) is 0 Å². The van der Waals surface area contributed by atoms with E-state index < -0.39 is 11.7 Å².